The summed E-state index contributed by atoms with van der Waals surface area (Å²) in [6, 6.07) is 15.4. The van der Waals surface area contributed by atoms with Crippen molar-refractivity contribution in [2.75, 3.05) is 16.4 Å². The molecule has 4 rings (SSSR count). The SMILES string of the molecule is CCc1ccccc1NC(=O)Nc1ccccc1-c1cn2c(n1)SCC2. The van der Waals surface area contributed by atoms with Crippen molar-refractivity contribution in [2.45, 2.75) is 25.0 Å². The number of carbonyl (C=O) groups is 1. The predicted molar refractivity (Wildman–Crippen MR) is 107 cm³/mol. The average Bonchev–Trinajstić information content (AvgIpc) is 3.24. The van der Waals surface area contributed by atoms with E-state index in [1.54, 1.807) is 11.8 Å². The highest BCUT2D eigenvalue weighted by Crippen LogP contribution is 2.32. The largest absolute Gasteiger partial charge is 0.325 e. The van der Waals surface area contributed by atoms with E-state index in [1.807, 2.05) is 48.5 Å². The van der Waals surface area contributed by atoms with Crippen molar-refractivity contribution in [1.29, 1.82) is 0 Å². The molecule has 0 saturated heterocycles. The van der Waals surface area contributed by atoms with Crippen molar-refractivity contribution in [1.82, 2.24) is 9.55 Å². The number of carbonyl (C=O) groups excluding carboxylic acids is 1. The van der Waals surface area contributed by atoms with Crippen molar-refractivity contribution in [3.8, 4) is 11.3 Å². The van der Waals surface area contributed by atoms with Crippen molar-refractivity contribution in [3.05, 3.63) is 60.3 Å². The zero-order chi connectivity index (χ0) is 17.9. The Balaban J connectivity index is 1.56. The van der Waals surface area contributed by atoms with Gasteiger partial charge < -0.3 is 15.2 Å². The second-order valence-electron chi connectivity index (χ2n) is 6.09. The van der Waals surface area contributed by atoms with E-state index in [1.165, 1.54) is 0 Å². The number of benzene rings is 2. The van der Waals surface area contributed by atoms with E-state index < -0.39 is 0 Å². The maximum absolute atomic E-state index is 12.5. The van der Waals surface area contributed by atoms with Crippen LogP contribution in [0.1, 0.15) is 12.5 Å². The number of amides is 2. The van der Waals surface area contributed by atoms with Gasteiger partial charge in [-0.3, -0.25) is 0 Å². The number of urea groups is 1. The summed E-state index contributed by atoms with van der Waals surface area (Å²) in [4.78, 5) is 17.2. The number of para-hydroxylation sites is 2. The molecule has 1 aromatic heterocycles. The Morgan fingerprint density at radius 1 is 1.12 bits per heavy atom. The number of nitrogens with one attached hydrogen (secondary N) is 2. The number of hydrogen-bond donors (Lipinski definition) is 2. The van der Waals surface area contributed by atoms with E-state index in [0.29, 0.717) is 0 Å². The Bertz CT molecular complexity index is 929. The highest BCUT2D eigenvalue weighted by atomic mass is 32.2. The smallest absolute Gasteiger partial charge is 0.323 e. The molecule has 2 heterocycles. The number of rotatable bonds is 4. The van der Waals surface area contributed by atoms with E-state index in [4.69, 9.17) is 4.98 Å². The van der Waals surface area contributed by atoms with Crippen LogP contribution in [0.4, 0.5) is 16.2 Å². The van der Waals surface area contributed by atoms with Gasteiger partial charge in [0.15, 0.2) is 5.16 Å². The summed E-state index contributed by atoms with van der Waals surface area (Å²) in [5, 5.41) is 6.95. The maximum atomic E-state index is 12.5. The van der Waals surface area contributed by atoms with Gasteiger partial charge in [-0.2, -0.15) is 0 Å². The summed E-state index contributed by atoms with van der Waals surface area (Å²) in [6.07, 6.45) is 2.92. The predicted octanol–water partition coefficient (Wildman–Crippen LogP) is 4.86. The summed E-state index contributed by atoms with van der Waals surface area (Å²) in [7, 11) is 0. The van der Waals surface area contributed by atoms with E-state index in [0.717, 1.165) is 52.1 Å². The molecular weight excluding hydrogens is 344 g/mol. The van der Waals surface area contributed by atoms with Gasteiger partial charge in [0, 0.05) is 29.7 Å². The third kappa shape index (κ3) is 3.32. The molecule has 0 spiro atoms. The molecule has 5 nitrogen and oxygen atoms in total. The first-order valence-corrected chi connectivity index (χ1v) is 9.68. The van der Waals surface area contributed by atoms with E-state index in [2.05, 4.69) is 28.3 Å². The van der Waals surface area contributed by atoms with Gasteiger partial charge in [-0.1, -0.05) is 55.1 Å². The number of thioether (sulfide) groups is 1. The standard InChI is InChI=1S/C20H20N4OS/c1-2-14-7-3-5-9-16(14)21-19(25)22-17-10-6-4-8-15(17)18-13-24-11-12-26-20(24)23-18/h3-10,13H,2,11-12H2,1H3,(H2,21,22,25). The molecule has 0 fully saturated rings. The van der Waals surface area contributed by atoms with Crippen LogP contribution in [0.5, 0.6) is 0 Å². The first-order valence-electron chi connectivity index (χ1n) is 8.70. The fraction of sp³-hybridized carbons (Fsp3) is 0.200. The second-order valence-corrected chi connectivity index (χ2v) is 7.15. The molecule has 0 radical (unpaired) electrons. The van der Waals surface area contributed by atoms with Crippen LogP contribution in [-0.2, 0) is 13.0 Å². The summed E-state index contributed by atoms with van der Waals surface area (Å²) in [5.74, 6) is 1.07. The topological polar surface area (TPSA) is 59.0 Å². The highest BCUT2D eigenvalue weighted by Gasteiger charge is 2.17. The Kier molecular flexibility index (Phi) is 4.67. The molecule has 132 valence electrons. The van der Waals surface area contributed by atoms with Gasteiger partial charge in [0.25, 0.3) is 0 Å². The molecule has 2 aromatic carbocycles. The lowest BCUT2D eigenvalue weighted by molar-refractivity contribution is 0.262. The van der Waals surface area contributed by atoms with Crippen molar-refractivity contribution < 1.29 is 4.79 Å². The first kappa shape index (κ1) is 16.7. The van der Waals surface area contributed by atoms with Gasteiger partial charge in [0.1, 0.15) is 0 Å². The minimum atomic E-state index is -0.250. The Hall–Kier alpha value is -2.73. The van der Waals surface area contributed by atoms with Gasteiger partial charge in [-0.05, 0) is 24.1 Å². The first-order chi connectivity index (χ1) is 12.7. The third-order valence-electron chi connectivity index (χ3n) is 4.40. The molecule has 2 amide bonds. The average molecular weight is 364 g/mol. The van der Waals surface area contributed by atoms with E-state index >= 15 is 0 Å². The molecule has 1 aliphatic rings. The Morgan fingerprint density at radius 2 is 1.85 bits per heavy atom. The minimum absolute atomic E-state index is 0.250. The molecule has 26 heavy (non-hydrogen) atoms. The molecule has 6 heteroatoms. The number of hydrogen-bond acceptors (Lipinski definition) is 3. The van der Waals surface area contributed by atoms with Crippen LogP contribution in [0.3, 0.4) is 0 Å². The maximum Gasteiger partial charge on any atom is 0.323 e. The normalized spacial score (nSPS) is 12.7. The molecule has 0 unspecified atom stereocenters. The number of anilines is 2. The fourth-order valence-electron chi connectivity index (χ4n) is 3.08. The molecular formula is C20H20N4OS. The molecule has 0 bridgehead atoms. The molecule has 3 aromatic rings. The molecule has 0 aliphatic carbocycles. The summed E-state index contributed by atoms with van der Waals surface area (Å²) < 4.78 is 2.16. The van der Waals surface area contributed by atoms with Gasteiger partial charge in [0.05, 0.1) is 11.4 Å². The monoisotopic (exact) mass is 364 g/mol. The van der Waals surface area contributed by atoms with E-state index in [-0.39, 0.29) is 6.03 Å². The number of imidazole rings is 1. The number of nitrogens with zero attached hydrogens (tertiary/aromatic N) is 2. The van der Waals surface area contributed by atoms with Crippen molar-refractivity contribution >= 4 is 29.2 Å². The Labute approximate surface area is 156 Å². The fourth-order valence-corrected chi connectivity index (χ4v) is 4.02. The molecule has 0 atom stereocenters. The highest BCUT2D eigenvalue weighted by molar-refractivity contribution is 7.99. The van der Waals surface area contributed by atoms with Crippen LogP contribution in [0.2, 0.25) is 0 Å². The zero-order valence-corrected chi connectivity index (χ0v) is 15.3. The van der Waals surface area contributed by atoms with Crippen LogP contribution >= 0.6 is 11.8 Å². The Morgan fingerprint density at radius 3 is 2.65 bits per heavy atom. The number of aryl methyl sites for hydroxylation is 2. The lowest BCUT2D eigenvalue weighted by atomic mass is 10.1. The van der Waals surface area contributed by atoms with Crippen LogP contribution in [-0.4, -0.2) is 21.3 Å². The van der Waals surface area contributed by atoms with Gasteiger partial charge >= 0.3 is 6.03 Å². The van der Waals surface area contributed by atoms with Crippen LogP contribution in [0.15, 0.2) is 59.9 Å². The minimum Gasteiger partial charge on any atom is -0.325 e. The number of aromatic nitrogens is 2. The van der Waals surface area contributed by atoms with Gasteiger partial charge in [-0.15, -0.1) is 0 Å². The van der Waals surface area contributed by atoms with E-state index in [9.17, 15) is 4.79 Å². The number of fused-ring (bicyclic) bond motifs is 1. The summed E-state index contributed by atoms with van der Waals surface area (Å²) in [6.45, 7) is 3.06. The lowest BCUT2D eigenvalue weighted by Crippen LogP contribution is -2.20. The van der Waals surface area contributed by atoms with Crippen LogP contribution in [0, 0.1) is 0 Å². The second kappa shape index (κ2) is 7.25. The lowest BCUT2D eigenvalue weighted by Gasteiger charge is -2.13. The third-order valence-corrected chi connectivity index (χ3v) is 5.37. The molecule has 2 N–H and O–H groups in total. The quantitative estimate of drug-likeness (QED) is 0.695. The molecule has 0 saturated carbocycles. The van der Waals surface area contributed by atoms with Crippen molar-refractivity contribution in [3.63, 3.8) is 0 Å². The van der Waals surface area contributed by atoms with Crippen LogP contribution in [0.25, 0.3) is 11.3 Å². The molecule has 1 aliphatic heterocycles. The zero-order valence-electron chi connectivity index (χ0n) is 14.5. The van der Waals surface area contributed by atoms with Gasteiger partial charge in [0.2, 0.25) is 0 Å². The van der Waals surface area contributed by atoms with Gasteiger partial charge in [-0.25, -0.2) is 9.78 Å². The summed E-state index contributed by atoms with van der Waals surface area (Å²) in [5.41, 5.74) is 4.51. The van der Waals surface area contributed by atoms with Crippen LogP contribution < -0.4 is 10.6 Å². The summed E-state index contributed by atoms with van der Waals surface area (Å²) >= 11 is 1.76. The van der Waals surface area contributed by atoms with Crippen molar-refractivity contribution in [2.24, 2.45) is 0 Å².